The number of likely N-dealkylation sites (tertiary alicyclic amines) is 1. The topological polar surface area (TPSA) is 53.8 Å². The fourth-order valence-electron chi connectivity index (χ4n) is 3.39. The zero-order valence-electron chi connectivity index (χ0n) is 14.9. The Balaban J connectivity index is 1.77. The van der Waals surface area contributed by atoms with Gasteiger partial charge < -0.3 is 14.2 Å². The number of furan rings is 1. The molecular weight excluding hydrogens is 335 g/mol. The Bertz CT molecular complexity index is 760. The van der Waals surface area contributed by atoms with Gasteiger partial charge >= 0.3 is 0 Å². The number of piperidine rings is 1. The third-order valence-corrected chi connectivity index (χ3v) is 4.74. The van der Waals surface area contributed by atoms with Crippen LogP contribution >= 0.6 is 0 Å². The second-order valence-corrected chi connectivity index (χ2v) is 6.47. The van der Waals surface area contributed by atoms with Gasteiger partial charge in [0, 0.05) is 19.6 Å². The highest BCUT2D eigenvalue weighted by Gasteiger charge is 2.35. The maximum absolute atomic E-state index is 13.4. The lowest BCUT2D eigenvalue weighted by Gasteiger charge is -2.37. The SMILES string of the molecule is CCN(Cc1cccc(F)c1)C(=O)C1CCCCN1C(=O)c1ccco1. The van der Waals surface area contributed by atoms with Gasteiger partial charge in [0.25, 0.3) is 5.91 Å². The van der Waals surface area contributed by atoms with Gasteiger partial charge in [-0.3, -0.25) is 9.59 Å². The van der Waals surface area contributed by atoms with E-state index in [0.717, 1.165) is 18.4 Å². The van der Waals surface area contributed by atoms with Gasteiger partial charge in [0.1, 0.15) is 11.9 Å². The highest BCUT2D eigenvalue weighted by atomic mass is 19.1. The number of benzene rings is 1. The van der Waals surface area contributed by atoms with E-state index in [1.54, 1.807) is 34.1 Å². The van der Waals surface area contributed by atoms with Crippen molar-refractivity contribution < 1.29 is 18.4 Å². The van der Waals surface area contributed by atoms with Crippen molar-refractivity contribution in [1.29, 1.82) is 0 Å². The van der Waals surface area contributed by atoms with Gasteiger partial charge in [0.2, 0.25) is 5.91 Å². The van der Waals surface area contributed by atoms with E-state index in [0.29, 0.717) is 26.1 Å². The van der Waals surface area contributed by atoms with Gasteiger partial charge in [-0.15, -0.1) is 0 Å². The molecule has 0 radical (unpaired) electrons. The number of likely N-dealkylation sites (N-methyl/N-ethyl adjacent to an activating group) is 1. The largest absolute Gasteiger partial charge is 0.459 e. The van der Waals surface area contributed by atoms with Crippen LogP contribution in [-0.2, 0) is 11.3 Å². The number of nitrogens with zero attached hydrogens (tertiary/aromatic N) is 2. The molecule has 2 amide bonds. The van der Waals surface area contributed by atoms with Crippen molar-refractivity contribution in [2.24, 2.45) is 0 Å². The van der Waals surface area contributed by atoms with E-state index in [-0.39, 0.29) is 23.4 Å². The van der Waals surface area contributed by atoms with Gasteiger partial charge in [-0.25, -0.2) is 4.39 Å². The summed E-state index contributed by atoms with van der Waals surface area (Å²) in [6, 6.07) is 9.02. The van der Waals surface area contributed by atoms with E-state index in [2.05, 4.69) is 0 Å². The summed E-state index contributed by atoms with van der Waals surface area (Å²) in [6.45, 7) is 3.24. The maximum Gasteiger partial charge on any atom is 0.290 e. The molecule has 1 saturated heterocycles. The maximum atomic E-state index is 13.4. The Hall–Kier alpha value is -2.63. The third kappa shape index (κ3) is 3.95. The Morgan fingerprint density at radius 3 is 2.81 bits per heavy atom. The standard InChI is InChI=1S/C20H23FN2O3/c1-2-22(14-15-7-5-8-16(21)13-15)19(24)17-9-3-4-11-23(17)20(25)18-10-6-12-26-18/h5-8,10,12-13,17H,2-4,9,11,14H2,1H3. The van der Waals surface area contributed by atoms with Crippen LogP contribution in [0.2, 0.25) is 0 Å². The average molecular weight is 358 g/mol. The highest BCUT2D eigenvalue weighted by Crippen LogP contribution is 2.22. The van der Waals surface area contributed by atoms with Crippen LogP contribution in [0, 0.1) is 5.82 Å². The van der Waals surface area contributed by atoms with E-state index >= 15 is 0 Å². The molecule has 6 heteroatoms. The Morgan fingerprint density at radius 2 is 2.12 bits per heavy atom. The fraction of sp³-hybridized carbons (Fsp3) is 0.400. The number of halogens is 1. The van der Waals surface area contributed by atoms with Crippen LogP contribution in [0.1, 0.15) is 42.3 Å². The van der Waals surface area contributed by atoms with Crippen LogP contribution in [0.5, 0.6) is 0 Å². The van der Waals surface area contributed by atoms with Crippen molar-refractivity contribution in [3.63, 3.8) is 0 Å². The first-order valence-electron chi connectivity index (χ1n) is 8.98. The summed E-state index contributed by atoms with van der Waals surface area (Å²) in [4.78, 5) is 29.1. The van der Waals surface area contributed by atoms with Crippen LogP contribution < -0.4 is 0 Å². The number of carbonyl (C=O) groups excluding carboxylic acids is 2. The van der Waals surface area contributed by atoms with E-state index < -0.39 is 6.04 Å². The molecule has 0 bridgehead atoms. The number of hydrogen-bond donors (Lipinski definition) is 0. The Morgan fingerprint density at radius 1 is 1.27 bits per heavy atom. The van der Waals surface area contributed by atoms with E-state index in [4.69, 9.17) is 4.42 Å². The van der Waals surface area contributed by atoms with Gasteiger partial charge in [-0.05, 0) is 56.0 Å². The molecule has 0 saturated carbocycles. The normalized spacial score (nSPS) is 17.2. The molecule has 0 aliphatic carbocycles. The van der Waals surface area contributed by atoms with Crippen molar-refractivity contribution in [2.75, 3.05) is 13.1 Å². The molecule has 26 heavy (non-hydrogen) atoms. The summed E-state index contributed by atoms with van der Waals surface area (Å²) in [5.74, 6) is -0.428. The molecule has 138 valence electrons. The van der Waals surface area contributed by atoms with Crippen LogP contribution in [0.25, 0.3) is 0 Å². The predicted molar refractivity (Wildman–Crippen MR) is 94.9 cm³/mol. The molecule has 0 N–H and O–H groups in total. The number of rotatable bonds is 5. The minimum Gasteiger partial charge on any atom is -0.459 e. The van der Waals surface area contributed by atoms with Gasteiger partial charge in [0.15, 0.2) is 5.76 Å². The molecule has 1 fully saturated rings. The summed E-state index contributed by atoms with van der Waals surface area (Å²) in [6.07, 6.45) is 3.85. The molecule has 1 atom stereocenters. The first-order chi connectivity index (χ1) is 12.6. The molecule has 0 spiro atoms. The van der Waals surface area contributed by atoms with Crippen molar-refractivity contribution in [1.82, 2.24) is 9.80 Å². The lowest BCUT2D eigenvalue weighted by molar-refractivity contribution is -0.137. The van der Waals surface area contributed by atoms with Crippen molar-refractivity contribution in [3.8, 4) is 0 Å². The molecule has 1 aliphatic heterocycles. The zero-order valence-corrected chi connectivity index (χ0v) is 14.9. The molecule has 2 aromatic rings. The molecule has 1 aromatic heterocycles. The van der Waals surface area contributed by atoms with Crippen molar-refractivity contribution >= 4 is 11.8 Å². The lowest BCUT2D eigenvalue weighted by Crippen LogP contribution is -2.52. The molecule has 3 rings (SSSR count). The first-order valence-corrected chi connectivity index (χ1v) is 8.98. The predicted octanol–water partition coefficient (Wildman–Crippen LogP) is 3.46. The lowest BCUT2D eigenvalue weighted by atomic mass is 10.00. The third-order valence-electron chi connectivity index (χ3n) is 4.74. The smallest absolute Gasteiger partial charge is 0.290 e. The first kappa shape index (κ1) is 18.2. The van der Waals surface area contributed by atoms with Gasteiger partial charge in [0.05, 0.1) is 6.26 Å². The number of carbonyl (C=O) groups is 2. The van der Waals surface area contributed by atoms with Crippen LogP contribution in [-0.4, -0.2) is 40.7 Å². The van der Waals surface area contributed by atoms with Crippen LogP contribution in [0.3, 0.4) is 0 Å². The molecule has 2 heterocycles. The second kappa shape index (κ2) is 8.17. The Labute approximate surface area is 152 Å². The van der Waals surface area contributed by atoms with Crippen LogP contribution in [0.15, 0.2) is 47.1 Å². The van der Waals surface area contributed by atoms with E-state index in [1.165, 1.54) is 18.4 Å². The summed E-state index contributed by atoms with van der Waals surface area (Å²) in [7, 11) is 0. The van der Waals surface area contributed by atoms with Crippen molar-refractivity contribution in [3.05, 3.63) is 59.8 Å². The minimum atomic E-state index is -0.505. The average Bonchev–Trinajstić information content (AvgIpc) is 3.20. The summed E-state index contributed by atoms with van der Waals surface area (Å²) in [5.41, 5.74) is 0.736. The quantitative estimate of drug-likeness (QED) is 0.822. The second-order valence-electron chi connectivity index (χ2n) is 6.47. The van der Waals surface area contributed by atoms with E-state index in [9.17, 15) is 14.0 Å². The number of hydrogen-bond acceptors (Lipinski definition) is 3. The van der Waals surface area contributed by atoms with Gasteiger partial charge in [-0.2, -0.15) is 0 Å². The van der Waals surface area contributed by atoms with Crippen LogP contribution in [0.4, 0.5) is 4.39 Å². The fourth-order valence-corrected chi connectivity index (χ4v) is 3.39. The highest BCUT2D eigenvalue weighted by molar-refractivity contribution is 5.95. The van der Waals surface area contributed by atoms with Gasteiger partial charge in [-0.1, -0.05) is 12.1 Å². The molecular formula is C20H23FN2O3. The summed E-state index contributed by atoms with van der Waals surface area (Å²) >= 11 is 0. The van der Waals surface area contributed by atoms with Crippen molar-refractivity contribution in [2.45, 2.75) is 38.8 Å². The molecule has 1 aromatic carbocycles. The molecule has 1 aliphatic rings. The molecule has 1 unspecified atom stereocenters. The Kier molecular flexibility index (Phi) is 5.71. The monoisotopic (exact) mass is 358 g/mol. The minimum absolute atomic E-state index is 0.101. The summed E-state index contributed by atoms with van der Waals surface area (Å²) in [5, 5.41) is 0. The zero-order chi connectivity index (χ0) is 18.5. The molecule has 5 nitrogen and oxygen atoms in total. The number of amides is 2. The van der Waals surface area contributed by atoms with E-state index in [1.807, 2.05) is 6.92 Å². The summed E-state index contributed by atoms with van der Waals surface area (Å²) < 4.78 is 18.6.